The second-order valence-corrected chi connectivity index (χ2v) is 6.73. The molecule has 1 aliphatic heterocycles. The number of ether oxygens (including phenoxy) is 2. The Bertz CT molecular complexity index is 875. The number of hydrogen-bond acceptors (Lipinski definition) is 5. The molecule has 0 atom stereocenters. The summed E-state index contributed by atoms with van der Waals surface area (Å²) in [6, 6.07) is 15.2. The third-order valence-electron chi connectivity index (χ3n) is 4.01. The molecule has 27 heavy (non-hydrogen) atoms. The Labute approximate surface area is 163 Å². The Morgan fingerprint density at radius 2 is 1.85 bits per heavy atom. The molecule has 3 rings (SSSR count). The molecular formula is C21H22N2O3S. The molecule has 0 spiro atoms. The highest BCUT2D eigenvalue weighted by molar-refractivity contribution is 8.18. The van der Waals surface area contributed by atoms with Gasteiger partial charge in [0.15, 0.2) is 5.17 Å². The standard InChI is InChI=1S/C21H22N2O3S/c1-4-23-20(24)19(14-15-8-6-7-9-18(15)26-5-2)27-21(23)22-16-10-12-17(25-3)13-11-16/h6-14H,4-5H2,1-3H3/b19-14-,22-21?. The number of carbonyl (C=O) groups excluding carboxylic acids is 1. The van der Waals surface area contributed by atoms with Gasteiger partial charge in [-0.15, -0.1) is 0 Å². The lowest BCUT2D eigenvalue weighted by atomic mass is 10.2. The summed E-state index contributed by atoms with van der Waals surface area (Å²) in [5.41, 5.74) is 1.66. The molecule has 0 radical (unpaired) electrons. The van der Waals surface area contributed by atoms with Gasteiger partial charge in [0, 0.05) is 12.1 Å². The number of para-hydroxylation sites is 1. The zero-order chi connectivity index (χ0) is 19.2. The molecule has 0 aromatic heterocycles. The molecule has 2 aromatic carbocycles. The fourth-order valence-corrected chi connectivity index (χ4v) is 3.72. The van der Waals surface area contributed by atoms with Gasteiger partial charge in [-0.1, -0.05) is 18.2 Å². The van der Waals surface area contributed by atoms with Crippen LogP contribution in [0.3, 0.4) is 0 Å². The molecule has 1 aliphatic rings. The number of aliphatic imine (C=N–C) groups is 1. The van der Waals surface area contributed by atoms with Gasteiger partial charge in [0.25, 0.3) is 5.91 Å². The number of nitrogens with zero attached hydrogens (tertiary/aromatic N) is 2. The average Bonchev–Trinajstić information content (AvgIpc) is 2.98. The van der Waals surface area contributed by atoms with Crippen LogP contribution in [0.2, 0.25) is 0 Å². The topological polar surface area (TPSA) is 51.1 Å². The summed E-state index contributed by atoms with van der Waals surface area (Å²) in [5.74, 6) is 1.50. The van der Waals surface area contributed by atoms with Crippen LogP contribution >= 0.6 is 11.8 Å². The quantitative estimate of drug-likeness (QED) is 0.679. The van der Waals surface area contributed by atoms with E-state index in [-0.39, 0.29) is 5.91 Å². The molecule has 0 N–H and O–H groups in total. The van der Waals surface area contributed by atoms with Gasteiger partial charge in [-0.25, -0.2) is 4.99 Å². The molecule has 1 saturated heterocycles. The highest BCUT2D eigenvalue weighted by atomic mass is 32.2. The number of thioether (sulfide) groups is 1. The van der Waals surface area contributed by atoms with Crippen molar-refractivity contribution in [2.45, 2.75) is 13.8 Å². The summed E-state index contributed by atoms with van der Waals surface area (Å²) >= 11 is 1.38. The van der Waals surface area contributed by atoms with E-state index in [0.717, 1.165) is 22.7 Å². The van der Waals surface area contributed by atoms with E-state index in [0.29, 0.717) is 23.2 Å². The minimum absolute atomic E-state index is 0.0407. The van der Waals surface area contributed by atoms with Crippen LogP contribution in [0.1, 0.15) is 19.4 Å². The predicted molar refractivity (Wildman–Crippen MR) is 111 cm³/mol. The maximum Gasteiger partial charge on any atom is 0.266 e. The maximum absolute atomic E-state index is 12.8. The summed E-state index contributed by atoms with van der Waals surface area (Å²) in [7, 11) is 1.63. The third-order valence-corrected chi connectivity index (χ3v) is 5.01. The summed E-state index contributed by atoms with van der Waals surface area (Å²) < 4.78 is 10.8. The summed E-state index contributed by atoms with van der Waals surface area (Å²) in [4.78, 5) is 19.8. The zero-order valence-electron chi connectivity index (χ0n) is 15.6. The third kappa shape index (κ3) is 4.34. The van der Waals surface area contributed by atoms with Crippen molar-refractivity contribution in [3.05, 3.63) is 59.0 Å². The van der Waals surface area contributed by atoms with Crippen LogP contribution in [-0.4, -0.2) is 36.2 Å². The first-order valence-corrected chi connectivity index (χ1v) is 9.63. The van der Waals surface area contributed by atoms with Crippen molar-refractivity contribution < 1.29 is 14.3 Å². The number of amides is 1. The molecule has 0 bridgehead atoms. The SMILES string of the molecule is CCOc1ccccc1/C=C1\SC(=Nc2ccc(OC)cc2)N(CC)C1=O. The Kier molecular flexibility index (Phi) is 6.19. The second-order valence-electron chi connectivity index (χ2n) is 5.72. The van der Waals surface area contributed by atoms with E-state index in [1.165, 1.54) is 11.8 Å². The molecule has 1 fully saturated rings. The molecule has 1 amide bonds. The summed E-state index contributed by atoms with van der Waals surface area (Å²) in [6.07, 6.45) is 1.87. The second kappa shape index (κ2) is 8.77. The van der Waals surface area contributed by atoms with Gasteiger partial charge in [-0.05, 0) is 62.0 Å². The Hall–Kier alpha value is -2.73. The largest absolute Gasteiger partial charge is 0.497 e. The van der Waals surface area contributed by atoms with Gasteiger partial charge < -0.3 is 9.47 Å². The number of likely N-dealkylation sites (N-methyl/N-ethyl adjacent to an activating group) is 1. The normalized spacial score (nSPS) is 17.0. The van der Waals surface area contributed by atoms with Gasteiger partial charge in [0.2, 0.25) is 0 Å². The molecule has 5 nitrogen and oxygen atoms in total. The fraction of sp³-hybridized carbons (Fsp3) is 0.238. The van der Waals surface area contributed by atoms with E-state index in [9.17, 15) is 4.79 Å². The molecule has 2 aromatic rings. The Morgan fingerprint density at radius 1 is 1.11 bits per heavy atom. The minimum Gasteiger partial charge on any atom is -0.497 e. The number of rotatable bonds is 6. The average molecular weight is 382 g/mol. The Balaban J connectivity index is 1.91. The van der Waals surface area contributed by atoms with Gasteiger partial charge >= 0.3 is 0 Å². The monoisotopic (exact) mass is 382 g/mol. The van der Waals surface area contributed by atoms with Crippen LogP contribution in [0.5, 0.6) is 11.5 Å². The van der Waals surface area contributed by atoms with Gasteiger partial charge in [0.05, 0.1) is 24.3 Å². The molecule has 0 unspecified atom stereocenters. The number of benzene rings is 2. The van der Waals surface area contributed by atoms with E-state index >= 15 is 0 Å². The van der Waals surface area contributed by atoms with E-state index in [2.05, 4.69) is 4.99 Å². The first-order valence-electron chi connectivity index (χ1n) is 8.82. The van der Waals surface area contributed by atoms with Gasteiger partial charge in [-0.3, -0.25) is 9.69 Å². The van der Waals surface area contributed by atoms with E-state index < -0.39 is 0 Å². The van der Waals surface area contributed by atoms with Crippen LogP contribution in [0.4, 0.5) is 5.69 Å². The van der Waals surface area contributed by atoms with Gasteiger partial charge in [-0.2, -0.15) is 0 Å². The highest BCUT2D eigenvalue weighted by Crippen LogP contribution is 2.35. The van der Waals surface area contributed by atoms with Crippen LogP contribution in [0, 0.1) is 0 Å². The lowest BCUT2D eigenvalue weighted by Gasteiger charge is -2.12. The van der Waals surface area contributed by atoms with E-state index in [1.807, 2.05) is 68.5 Å². The van der Waals surface area contributed by atoms with Crippen molar-refractivity contribution in [2.24, 2.45) is 4.99 Å². The highest BCUT2D eigenvalue weighted by Gasteiger charge is 2.32. The maximum atomic E-state index is 12.8. The molecule has 0 aliphatic carbocycles. The van der Waals surface area contributed by atoms with E-state index in [1.54, 1.807) is 12.0 Å². The minimum atomic E-state index is -0.0407. The molecule has 6 heteroatoms. The first-order chi connectivity index (χ1) is 13.2. The van der Waals surface area contributed by atoms with Crippen LogP contribution < -0.4 is 9.47 Å². The van der Waals surface area contributed by atoms with E-state index in [4.69, 9.17) is 9.47 Å². The lowest BCUT2D eigenvalue weighted by Crippen LogP contribution is -2.28. The van der Waals surface area contributed by atoms with Crippen molar-refractivity contribution in [3.63, 3.8) is 0 Å². The fourth-order valence-electron chi connectivity index (χ4n) is 2.67. The van der Waals surface area contributed by atoms with Crippen LogP contribution in [0.25, 0.3) is 6.08 Å². The summed E-state index contributed by atoms with van der Waals surface area (Å²) in [5, 5.41) is 0.674. The van der Waals surface area contributed by atoms with Crippen molar-refractivity contribution in [3.8, 4) is 11.5 Å². The van der Waals surface area contributed by atoms with Crippen molar-refractivity contribution >= 4 is 34.6 Å². The summed E-state index contributed by atoms with van der Waals surface area (Å²) in [6.45, 7) is 5.02. The smallest absolute Gasteiger partial charge is 0.266 e. The number of hydrogen-bond donors (Lipinski definition) is 0. The van der Waals surface area contributed by atoms with Crippen LogP contribution in [0.15, 0.2) is 58.4 Å². The number of amidine groups is 1. The predicted octanol–water partition coefficient (Wildman–Crippen LogP) is 4.72. The van der Waals surface area contributed by atoms with Crippen LogP contribution in [-0.2, 0) is 4.79 Å². The Morgan fingerprint density at radius 3 is 2.52 bits per heavy atom. The number of carbonyl (C=O) groups is 1. The lowest BCUT2D eigenvalue weighted by molar-refractivity contribution is -0.122. The van der Waals surface area contributed by atoms with Crippen molar-refractivity contribution in [1.82, 2.24) is 4.90 Å². The van der Waals surface area contributed by atoms with Crippen molar-refractivity contribution in [1.29, 1.82) is 0 Å². The molecule has 0 saturated carbocycles. The molecule has 1 heterocycles. The molecular weight excluding hydrogens is 360 g/mol. The van der Waals surface area contributed by atoms with Gasteiger partial charge in [0.1, 0.15) is 11.5 Å². The molecule has 140 valence electrons. The zero-order valence-corrected chi connectivity index (χ0v) is 16.5. The number of methoxy groups -OCH3 is 1. The first kappa shape index (κ1) is 19.0. The van der Waals surface area contributed by atoms with Crippen molar-refractivity contribution in [2.75, 3.05) is 20.3 Å².